The van der Waals surface area contributed by atoms with Gasteiger partial charge in [-0.1, -0.05) is 13.0 Å². The molecule has 1 saturated heterocycles. The van der Waals surface area contributed by atoms with Crippen LogP contribution in [0.2, 0.25) is 0 Å². The van der Waals surface area contributed by atoms with Crippen molar-refractivity contribution >= 4 is 5.91 Å². The molecule has 0 saturated carbocycles. The zero-order valence-electron chi connectivity index (χ0n) is 10.9. The third kappa shape index (κ3) is 3.50. The SMILES string of the molecule is CC1CC(N)CN(C(=O)Cc2ccc(F)cc2F)C1. The average molecular weight is 268 g/mol. The molecule has 1 amide bonds. The molecule has 19 heavy (non-hydrogen) atoms. The molecule has 104 valence electrons. The first-order valence-electron chi connectivity index (χ1n) is 6.43. The van der Waals surface area contributed by atoms with E-state index in [2.05, 4.69) is 0 Å². The second-order valence-electron chi connectivity index (χ2n) is 5.31. The molecular weight excluding hydrogens is 250 g/mol. The zero-order chi connectivity index (χ0) is 14.0. The molecule has 5 heteroatoms. The first-order valence-corrected chi connectivity index (χ1v) is 6.43. The van der Waals surface area contributed by atoms with Crippen LogP contribution in [0, 0.1) is 17.6 Å². The molecule has 2 rings (SSSR count). The summed E-state index contributed by atoms with van der Waals surface area (Å²) in [5.74, 6) is -1.12. The molecule has 1 aliphatic heterocycles. The van der Waals surface area contributed by atoms with Crippen LogP contribution in [0.3, 0.4) is 0 Å². The first-order chi connectivity index (χ1) is 8.95. The van der Waals surface area contributed by atoms with E-state index < -0.39 is 11.6 Å². The maximum Gasteiger partial charge on any atom is 0.227 e. The van der Waals surface area contributed by atoms with Gasteiger partial charge in [-0.2, -0.15) is 0 Å². The molecule has 0 aliphatic carbocycles. The number of hydrogen-bond donors (Lipinski definition) is 1. The molecule has 0 bridgehead atoms. The summed E-state index contributed by atoms with van der Waals surface area (Å²) in [4.78, 5) is 13.8. The minimum Gasteiger partial charge on any atom is -0.341 e. The van der Waals surface area contributed by atoms with Crippen LogP contribution in [0.4, 0.5) is 8.78 Å². The van der Waals surface area contributed by atoms with Gasteiger partial charge in [0.2, 0.25) is 5.91 Å². The summed E-state index contributed by atoms with van der Waals surface area (Å²) in [7, 11) is 0. The number of rotatable bonds is 2. The van der Waals surface area contributed by atoms with E-state index in [0.717, 1.165) is 18.6 Å². The van der Waals surface area contributed by atoms with Gasteiger partial charge in [-0.3, -0.25) is 4.79 Å². The van der Waals surface area contributed by atoms with Crippen molar-refractivity contribution < 1.29 is 13.6 Å². The largest absolute Gasteiger partial charge is 0.341 e. The molecular formula is C14H18F2N2O. The number of halogens is 2. The first kappa shape index (κ1) is 13.9. The number of carbonyl (C=O) groups is 1. The van der Waals surface area contributed by atoms with E-state index >= 15 is 0 Å². The average Bonchev–Trinajstić information content (AvgIpc) is 2.31. The van der Waals surface area contributed by atoms with Gasteiger partial charge in [-0.15, -0.1) is 0 Å². The van der Waals surface area contributed by atoms with E-state index in [4.69, 9.17) is 5.73 Å². The van der Waals surface area contributed by atoms with Crippen molar-refractivity contribution in [2.24, 2.45) is 11.7 Å². The van der Waals surface area contributed by atoms with Crippen molar-refractivity contribution in [1.29, 1.82) is 0 Å². The number of carbonyl (C=O) groups excluding carboxylic acids is 1. The van der Waals surface area contributed by atoms with Crippen molar-refractivity contribution in [2.75, 3.05) is 13.1 Å². The van der Waals surface area contributed by atoms with E-state index in [1.165, 1.54) is 6.07 Å². The van der Waals surface area contributed by atoms with Crippen LogP contribution in [0.1, 0.15) is 18.9 Å². The highest BCUT2D eigenvalue weighted by molar-refractivity contribution is 5.79. The number of hydrogen-bond acceptors (Lipinski definition) is 2. The number of benzene rings is 1. The van der Waals surface area contributed by atoms with Crippen LogP contribution in [-0.2, 0) is 11.2 Å². The molecule has 2 atom stereocenters. The lowest BCUT2D eigenvalue weighted by Gasteiger charge is -2.34. The smallest absolute Gasteiger partial charge is 0.227 e. The molecule has 0 spiro atoms. The molecule has 0 radical (unpaired) electrons. The van der Waals surface area contributed by atoms with E-state index in [0.29, 0.717) is 19.0 Å². The highest BCUT2D eigenvalue weighted by Crippen LogP contribution is 2.17. The van der Waals surface area contributed by atoms with Gasteiger partial charge < -0.3 is 10.6 Å². The highest BCUT2D eigenvalue weighted by Gasteiger charge is 2.26. The summed E-state index contributed by atoms with van der Waals surface area (Å²) in [6.07, 6.45) is 0.847. The van der Waals surface area contributed by atoms with Crippen LogP contribution in [-0.4, -0.2) is 29.9 Å². The third-order valence-corrected chi connectivity index (χ3v) is 3.40. The van der Waals surface area contributed by atoms with Gasteiger partial charge in [0.05, 0.1) is 6.42 Å². The summed E-state index contributed by atoms with van der Waals surface area (Å²) < 4.78 is 26.3. The lowest BCUT2D eigenvalue weighted by molar-refractivity contribution is -0.132. The lowest BCUT2D eigenvalue weighted by Crippen LogP contribution is -2.49. The van der Waals surface area contributed by atoms with Gasteiger partial charge >= 0.3 is 0 Å². The Morgan fingerprint density at radius 2 is 2.16 bits per heavy atom. The molecule has 1 aromatic rings. The Hall–Kier alpha value is -1.49. The highest BCUT2D eigenvalue weighted by atomic mass is 19.1. The molecule has 2 unspecified atom stereocenters. The molecule has 1 heterocycles. The molecule has 1 aromatic carbocycles. The minimum absolute atomic E-state index is 0.0224. The van der Waals surface area contributed by atoms with Crippen molar-refractivity contribution in [3.63, 3.8) is 0 Å². The Labute approximate surface area is 111 Å². The van der Waals surface area contributed by atoms with Crippen LogP contribution < -0.4 is 5.73 Å². The zero-order valence-corrected chi connectivity index (χ0v) is 10.9. The van der Waals surface area contributed by atoms with Crippen molar-refractivity contribution in [2.45, 2.75) is 25.8 Å². The quantitative estimate of drug-likeness (QED) is 0.887. The molecule has 1 fully saturated rings. The maximum atomic E-state index is 13.5. The Bertz CT molecular complexity index is 469. The monoisotopic (exact) mass is 268 g/mol. The summed E-state index contributed by atoms with van der Waals surface area (Å²) in [6, 6.07) is 3.25. The van der Waals surface area contributed by atoms with E-state index in [1.54, 1.807) is 4.90 Å². The number of piperidine rings is 1. The van der Waals surface area contributed by atoms with E-state index in [9.17, 15) is 13.6 Å². The van der Waals surface area contributed by atoms with Gasteiger partial charge in [0, 0.05) is 25.2 Å². The van der Waals surface area contributed by atoms with E-state index in [1.807, 2.05) is 6.92 Å². The Morgan fingerprint density at radius 1 is 1.42 bits per heavy atom. The summed E-state index contributed by atoms with van der Waals surface area (Å²) >= 11 is 0. The second-order valence-corrected chi connectivity index (χ2v) is 5.31. The molecule has 0 aromatic heterocycles. The van der Waals surface area contributed by atoms with Crippen molar-refractivity contribution in [1.82, 2.24) is 4.90 Å². The fourth-order valence-electron chi connectivity index (χ4n) is 2.54. The number of likely N-dealkylation sites (tertiary alicyclic amines) is 1. The Balaban J connectivity index is 2.04. The third-order valence-electron chi connectivity index (χ3n) is 3.40. The van der Waals surface area contributed by atoms with Gasteiger partial charge in [-0.25, -0.2) is 8.78 Å². The molecule has 2 N–H and O–H groups in total. The van der Waals surface area contributed by atoms with Crippen LogP contribution in [0.25, 0.3) is 0 Å². The van der Waals surface area contributed by atoms with E-state index in [-0.39, 0.29) is 23.9 Å². The van der Waals surface area contributed by atoms with Gasteiger partial charge in [0.15, 0.2) is 0 Å². The number of nitrogens with zero attached hydrogens (tertiary/aromatic N) is 1. The second kappa shape index (κ2) is 5.65. The maximum absolute atomic E-state index is 13.5. The number of nitrogens with two attached hydrogens (primary N) is 1. The fraction of sp³-hybridized carbons (Fsp3) is 0.500. The van der Waals surface area contributed by atoms with Crippen LogP contribution >= 0.6 is 0 Å². The molecule has 3 nitrogen and oxygen atoms in total. The predicted octanol–water partition coefficient (Wildman–Crippen LogP) is 1.70. The topological polar surface area (TPSA) is 46.3 Å². The minimum atomic E-state index is -0.678. The number of amides is 1. The molecule has 1 aliphatic rings. The van der Waals surface area contributed by atoms with Gasteiger partial charge in [0.25, 0.3) is 0 Å². The normalized spacial score (nSPS) is 23.5. The summed E-state index contributed by atoms with van der Waals surface area (Å²) in [5, 5.41) is 0. The van der Waals surface area contributed by atoms with Crippen LogP contribution in [0.15, 0.2) is 18.2 Å². The summed E-state index contributed by atoms with van der Waals surface area (Å²) in [5.41, 5.74) is 6.10. The van der Waals surface area contributed by atoms with Crippen molar-refractivity contribution in [3.8, 4) is 0 Å². The fourth-order valence-corrected chi connectivity index (χ4v) is 2.54. The van der Waals surface area contributed by atoms with Gasteiger partial charge in [-0.05, 0) is 24.0 Å². The lowest BCUT2D eigenvalue weighted by atomic mass is 9.96. The predicted molar refractivity (Wildman–Crippen MR) is 68.4 cm³/mol. The standard InChI is InChI=1S/C14H18F2N2O/c1-9-4-12(17)8-18(7-9)14(19)5-10-2-3-11(15)6-13(10)16/h2-3,6,9,12H,4-5,7-8,17H2,1H3. The summed E-state index contributed by atoms with van der Waals surface area (Å²) in [6.45, 7) is 3.19. The van der Waals surface area contributed by atoms with Gasteiger partial charge in [0.1, 0.15) is 11.6 Å². The van der Waals surface area contributed by atoms with Crippen LogP contribution in [0.5, 0.6) is 0 Å². The Kier molecular flexibility index (Phi) is 4.14. The Morgan fingerprint density at radius 3 is 2.79 bits per heavy atom. The van der Waals surface area contributed by atoms with Crippen molar-refractivity contribution in [3.05, 3.63) is 35.4 Å².